The third-order valence-electron chi connectivity index (χ3n) is 5.78. The average molecular weight is 340 g/mol. The summed E-state index contributed by atoms with van der Waals surface area (Å²) < 4.78 is 12.6. The lowest BCUT2D eigenvalue weighted by atomic mass is 9.66. The fraction of sp³-hybridized carbons (Fsp3) is 0.400. The fourth-order valence-electron chi connectivity index (χ4n) is 4.67. The van der Waals surface area contributed by atoms with Gasteiger partial charge in [-0.3, -0.25) is 0 Å². The zero-order valence-electron chi connectivity index (χ0n) is 13.6. The van der Waals surface area contributed by atoms with E-state index in [-0.39, 0.29) is 0 Å². The number of hydrogen-bond donors (Lipinski definition) is 3. The Labute approximate surface area is 145 Å². The number of aliphatic hydroxyl groups excluding tert-OH is 3. The molecule has 1 fully saturated rings. The first-order valence-corrected chi connectivity index (χ1v) is 8.72. The van der Waals surface area contributed by atoms with Crippen molar-refractivity contribution in [1.82, 2.24) is 0 Å². The molecule has 5 heteroatoms. The summed E-state index contributed by atoms with van der Waals surface area (Å²) in [5.74, 6) is -0.941. The molecule has 0 unspecified atom stereocenters. The summed E-state index contributed by atoms with van der Waals surface area (Å²) in [5.41, 5.74) is 0. The van der Waals surface area contributed by atoms with Gasteiger partial charge >= 0.3 is 0 Å². The van der Waals surface area contributed by atoms with Crippen LogP contribution in [0, 0.1) is 11.8 Å². The second-order valence-corrected chi connectivity index (χ2v) is 7.20. The molecular formula is C20H20O5. The average Bonchev–Trinajstić information content (AvgIpc) is 2.61. The van der Waals surface area contributed by atoms with Gasteiger partial charge in [0.1, 0.15) is 11.5 Å². The molecule has 3 N–H and O–H groups in total. The van der Waals surface area contributed by atoms with E-state index in [0.29, 0.717) is 24.3 Å². The molecule has 2 aromatic carbocycles. The van der Waals surface area contributed by atoms with Gasteiger partial charge in [-0.2, -0.15) is 0 Å². The molecule has 5 rings (SSSR count). The molecule has 3 aliphatic rings. The van der Waals surface area contributed by atoms with Crippen LogP contribution in [0.4, 0.5) is 0 Å². The number of hydrogen-bond acceptors (Lipinski definition) is 5. The normalized spacial score (nSPS) is 35.1. The van der Waals surface area contributed by atoms with Crippen LogP contribution < -0.4 is 9.47 Å². The molecule has 0 aromatic heterocycles. The highest BCUT2D eigenvalue weighted by molar-refractivity contribution is 5.94. The van der Waals surface area contributed by atoms with Crippen LogP contribution in [0.1, 0.15) is 12.8 Å². The van der Waals surface area contributed by atoms with Gasteiger partial charge in [0.25, 0.3) is 5.79 Å². The number of rotatable bonds is 0. The molecule has 0 radical (unpaired) electrons. The van der Waals surface area contributed by atoms with Crippen molar-refractivity contribution in [3.63, 3.8) is 0 Å². The summed E-state index contributed by atoms with van der Waals surface area (Å²) in [5, 5.41) is 33.4. The Morgan fingerprint density at radius 1 is 0.880 bits per heavy atom. The van der Waals surface area contributed by atoms with E-state index in [1.165, 1.54) is 0 Å². The summed E-state index contributed by atoms with van der Waals surface area (Å²) in [7, 11) is 0. The largest absolute Gasteiger partial charge is 0.448 e. The standard InChI is InChI=1S/C20H20O5/c21-12-7-8-14(23)19-18(12)13(22)9-10-20(19)24-15-5-1-3-11-4-2-6-16(25-20)17(11)15/h1-6,9-10,12-14,18-19,21-23H,7-8H2/t12-,13-,14+,18-,19+/m0/s1. The van der Waals surface area contributed by atoms with E-state index >= 15 is 0 Å². The molecule has 5 nitrogen and oxygen atoms in total. The maximum Gasteiger partial charge on any atom is 0.276 e. The van der Waals surface area contributed by atoms with Gasteiger partial charge in [-0.05, 0) is 36.4 Å². The van der Waals surface area contributed by atoms with E-state index in [9.17, 15) is 15.3 Å². The predicted octanol–water partition coefficient (Wildman–Crippen LogP) is 1.99. The fourth-order valence-corrected chi connectivity index (χ4v) is 4.67. The molecule has 1 aliphatic heterocycles. The SMILES string of the molecule is O[C@@H]1CC[C@H](O)[C@@H]2[C@@H]1C1(C=C[C@@H]2O)Oc2cccc3cccc(c23)O1. The molecule has 2 aliphatic carbocycles. The van der Waals surface area contributed by atoms with E-state index in [4.69, 9.17) is 9.47 Å². The maximum absolute atomic E-state index is 10.7. The highest BCUT2D eigenvalue weighted by Gasteiger charge is 2.58. The van der Waals surface area contributed by atoms with Crippen molar-refractivity contribution >= 4 is 10.8 Å². The summed E-state index contributed by atoms with van der Waals surface area (Å²) in [4.78, 5) is 0. The molecule has 25 heavy (non-hydrogen) atoms. The van der Waals surface area contributed by atoms with Crippen LogP contribution in [0.5, 0.6) is 11.5 Å². The highest BCUT2D eigenvalue weighted by Crippen LogP contribution is 2.51. The number of fused-ring (bicyclic) bond motifs is 2. The van der Waals surface area contributed by atoms with Crippen LogP contribution in [-0.4, -0.2) is 39.4 Å². The quantitative estimate of drug-likeness (QED) is 0.639. The molecule has 5 atom stereocenters. The molecule has 1 saturated carbocycles. The molecule has 2 aromatic rings. The minimum Gasteiger partial charge on any atom is -0.448 e. The number of ether oxygens (including phenoxy) is 2. The van der Waals surface area contributed by atoms with Crippen molar-refractivity contribution < 1.29 is 24.8 Å². The van der Waals surface area contributed by atoms with Crippen LogP contribution in [0.3, 0.4) is 0 Å². The number of benzene rings is 2. The van der Waals surface area contributed by atoms with E-state index in [1.54, 1.807) is 12.2 Å². The summed E-state index contributed by atoms with van der Waals surface area (Å²) in [6, 6.07) is 11.6. The van der Waals surface area contributed by atoms with Crippen LogP contribution in [0.15, 0.2) is 48.6 Å². The summed E-state index contributed by atoms with van der Waals surface area (Å²) in [6.07, 6.45) is 1.94. The first-order chi connectivity index (χ1) is 12.1. The van der Waals surface area contributed by atoms with Crippen LogP contribution >= 0.6 is 0 Å². The van der Waals surface area contributed by atoms with E-state index in [1.807, 2.05) is 36.4 Å². The Balaban J connectivity index is 1.68. The summed E-state index contributed by atoms with van der Waals surface area (Å²) >= 11 is 0. The zero-order valence-corrected chi connectivity index (χ0v) is 13.6. The first-order valence-electron chi connectivity index (χ1n) is 8.72. The van der Waals surface area contributed by atoms with Crippen molar-refractivity contribution in [1.29, 1.82) is 0 Å². The molecule has 0 saturated heterocycles. The lowest BCUT2D eigenvalue weighted by molar-refractivity contribution is -0.214. The minimum absolute atomic E-state index is 0.448. The number of aliphatic hydroxyl groups is 3. The lowest BCUT2D eigenvalue weighted by Gasteiger charge is -2.52. The van der Waals surface area contributed by atoms with Crippen molar-refractivity contribution in [3.8, 4) is 11.5 Å². The Morgan fingerprint density at radius 3 is 2.20 bits per heavy atom. The molecular weight excluding hydrogens is 320 g/mol. The van der Waals surface area contributed by atoms with Gasteiger partial charge in [-0.15, -0.1) is 0 Å². The molecule has 0 bridgehead atoms. The van der Waals surface area contributed by atoms with Crippen LogP contribution in [-0.2, 0) is 0 Å². The summed E-state index contributed by atoms with van der Waals surface area (Å²) in [6.45, 7) is 0. The topological polar surface area (TPSA) is 79.2 Å². The minimum atomic E-state index is -1.23. The van der Waals surface area contributed by atoms with Gasteiger partial charge in [0.05, 0.1) is 29.6 Å². The van der Waals surface area contributed by atoms with Crippen molar-refractivity contribution in [2.75, 3.05) is 0 Å². The second-order valence-electron chi connectivity index (χ2n) is 7.20. The van der Waals surface area contributed by atoms with Crippen molar-refractivity contribution in [2.24, 2.45) is 11.8 Å². The molecule has 130 valence electrons. The van der Waals surface area contributed by atoms with E-state index in [0.717, 1.165) is 10.8 Å². The second kappa shape index (κ2) is 5.21. The van der Waals surface area contributed by atoms with Crippen LogP contribution in [0.2, 0.25) is 0 Å². The van der Waals surface area contributed by atoms with Gasteiger partial charge in [-0.25, -0.2) is 0 Å². The van der Waals surface area contributed by atoms with Gasteiger partial charge < -0.3 is 24.8 Å². The van der Waals surface area contributed by atoms with E-state index < -0.39 is 35.9 Å². The smallest absolute Gasteiger partial charge is 0.276 e. The van der Waals surface area contributed by atoms with Gasteiger partial charge in [0.2, 0.25) is 0 Å². The van der Waals surface area contributed by atoms with Gasteiger partial charge in [0, 0.05) is 5.92 Å². The molecule has 1 heterocycles. The molecule has 0 amide bonds. The van der Waals surface area contributed by atoms with Gasteiger partial charge in [0.15, 0.2) is 0 Å². The predicted molar refractivity (Wildman–Crippen MR) is 91.3 cm³/mol. The Kier molecular flexibility index (Phi) is 3.17. The molecule has 1 spiro atoms. The zero-order chi connectivity index (χ0) is 17.2. The van der Waals surface area contributed by atoms with Crippen LogP contribution in [0.25, 0.3) is 10.8 Å². The Hall–Kier alpha value is -2.08. The first kappa shape index (κ1) is 15.2. The van der Waals surface area contributed by atoms with Crippen molar-refractivity contribution in [2.45, 2.75) is 36.9 Å². The highest BCUT2D eigenvalue weighted by atomic mass is 16.7. The Morgan fingerprint density at radius 2 is 1.52 bits per heavy atom. The maximum atomic E-state index is 10.7. The third kappa shape index (κ3) is 2.06. The lowest BCUT2D eigenvalue weighted by Crippen LogP contribution is -2.63. The van der Waals surface area contributed by atoms with E-state index in [2.05, 4.69) is 0 Å². The van der Waals surface area contributed by atoms with Gasteiger partial charge in [-0.1, -0.05) is 30.3 Å². The van der Waals surface area contributed by atoms with Crippen molar-refractivity contribution in [3.05, 3.63) is 48.6 Å². The monoisotopic (exact) mass is 340 g/mol. The third-order valence-corrected chi connectivity index (χ3v) is 5.78. The Bertz CT molecular complexity index is 820.